The molecule has 21 heavy (non-hydrogen) atoms. The fraction of sp³-hybridized carbons (Fsp3) is 1.00. The minimum absolute atomic E-state index is 0.0247. The van der Waals surface area contributed by atoms with Gasteiger partial charge in [0.15, 0.2) is 0 Å². The van der Waals surface area contributed by atoms with Gasteiger partial charge in [0.25, 0.3) is 0 Å². The number of nitrogens with one attached hydrogen (secondary N) is 1. The molecule has 4 nitrogen and oxygen atoms in total. The van der Waals surface area contributed by atoms with Crippen LogP contribution in [0.4, 0.5) is 0 Å². The summed E-state index contributed by atoms with van der Waals surface area (Å²) in [5.74, 6) is 0. The van der Waals surface area contributed by atoms with Crippen LogP contribution in [0, 0.1) is 0 Å². The molecule has 0 spiro atoms. The van der Waals surface area contributed by atoms with E-state index in [4.69, 9.17) is 0 Å². The molecular weight excluding hydrogens is 262 g/mol. The van der Waals surface area contributed by atoms with Crippen molar-refractivity contribution in [3.63, 3.8) is 0 Å². The van der Waals surface area contributed by atoms with E-state index in [0.717, 1.165) is 18.9 Å². The Kier molecular flexibility index (Phi) is 6.48. The van der Waals surface area contributed by atoms with Gasteiger partial charge in [-0.25, -0.2) is 0 Å². The topological polar surface area (TPSA) is 38.7 Å². The number of hydrogen-bond acceptors (Lipinski definition) is 4. The lowest BCUT2D eigenvalue weighted by Gasteiger charge is -2.37. The third-order valence-corrected chi connectivity index (χ3v) is 5.48. The molecule has 0 amide bonds. The summed E-state index contributed by atoms with van der Waals surface area (Å²) in [6, 6.07) is 1.44. The highest BCUT2D eigenvalue weighted by molar-refractivity contribution is 4.94. The van der Waals surface area contributed by atoms with Crippen LogP contribution in [0.25, 0.3) is 0 Å². The van der Waals surface area contributed by atoms with Crippen molar-refractivity contribution in [1.29, 1.82) is 0 Å². The van der Waals surface area contributed by atoms with Gasteiger partial charge >= 0.3 is 0 Å². The highest BCUT2D eigenvalue weighted by atomic mass is 16.3. The van der Waals surface area contributed by atoms with Gasteiger partial charge < -0.3 is 20.2 Å². The Hall–Kier alpha value is -0.160. The van der Waals surface area contributed by atoms with Crippen molar-refractivity contribution in [2.24, 2.45) is 0 Å². The SMILES string of the molecule is CCC(CO)(CCCN1CCC(N(C)C)CC1)NC1CC1. The molecule has 124 valence electrons. The van der Waals surface area contributed by atoms with E-state index in [1.54, 1.807) is 0 Å². The Morgan fingerprint density at radius 1 is 1.19 bits per heavy atom. The number of piperidine rings is 1. The third kappa shape index (κ3) is 5.20. The molecule has 2 aliphatic rings. The van der Waals surface area contributed by atoms with Gasteiger partial charge in [0.1, 0.15) is 0 Å². The van der Waals surface area contributed by atoms with Crippen LogP contribution in [-0.2, 0) is 0 Å². The van der Waals surface area contributed by atoms with Gasteiger partial charge in [0.05, 0.1) is 6.61 Å². The molecular formula is C17H35N3O. The summed E-state index contributed by atoms with van der Waals surface area (Å²) >= 11 is 0. The van der Waals surface area contributed by atoms with E-state index in [1.165, 1.54) is 51.7 Å². The van der Waals surface area contributed by atoms with Gasteiger partial charge in [-0.05, 0) is 78.7 Å². The largest absolute Gasteiger partial charge is 0.394 e. The molecule has 1 unspecified atom stereocenters. The smallest absolute Gasteiger partial charge is 0.0613 e. The monoisotopic (exact) mass is 297 g/mol. The van der Waals surface area contributed by atoms with Crippen LogP contribution in [0.3, 0.4) is 0 Å². The average Bonchev–Trinajstić information content (AvgIpc) is 3.30. The van der Waals surface area contributed by atoms with Crippen molar-refractivity contribution >= 4 is 0 Å². The second kappa shape index (κ2) is 7.91. The molecule has 1 saturated carbocycles. The van der Waals surface area contributed by atoms with Crippen molar-refractivity contribution in [3.05, 3.63) is 0 Å². The Morgan fingerprint density at radius 3 is 2.33 bits per heavy atom. The van der Waals surface area contributed by atoms with E-state index in [-0.39, 0.29) is 12.1 Å². The minimum Gasteiger partial charge on any atom is -0.394 e. The number of nitrogens with zero attached hydrogens (tertiary/aromatic N) is 2. The predicted molar refractivity (Wildman–Crippen MR) is 88.6 cm³/mol. The van der Waals surface area contributed by atoms with Gasteiger partial charge in [-0.1, -0.05) is 6.92 Å². The Bertz CT molecular complexity index is 292. The maximum absolute atomic E-state index is 9.80. The first kappa shape index (κ1) is 17.2. The molecule has 1 heterocycles. The number of aliphatic hydroxyl groups is 1. The molecule has 2 fully saturated rings. The Balaban J connectivity index is 1.68. The van der Waals surface area contributed by atoms with Crippen molar-refractivity contribution < 1.29 is 5.11 Å². The lowest BCUT2D eigenvalue weighted by atomic mass is 9.90. The lowest BCUT2D eigenvalue weighted by molar-refractivity contribution is 0.120. The van der Waals surface area contributed by atoms with Gasteiger partial charge in [0, 0.05) is 17.6 Å². The van der Waals surface area contributed by atoms with E-state index in [2.05, 4.69) is 36.1 Å². The van der Waals surface area contributed by atoms with Crippen LogP contribution in [0.5, 0.6) is 0 Å². The zero-order valence-corrected chi connectivity index (χ0v) is 14.3. The first-order chi connectivity index (χ1) is 10.1. The zero-order chi connectivity index (χ0) is 15.3. The molecule has 0 bridgehead atoms. The van der Waals surface area contributed by atoms with Crippen LogP contribution < -0.4 is 5.32 Å². The van der Waals surface area contributed by atoms with E-state index in [1.807, 2.05) is 0 Å². The normalized spacial score (nSPS) is 24.4. The summed E-state index contributed by atoms with van der Waals surface area (Å²) in [5, 5.41) is 13.5. The molecule has 0 aromatic carbocycles. The molecule has 4 heteroatoms. The maximum atomic E-state index is 9.80. The highest BCUT2D eigenvalue weighted by Crippen LogP contribution is 2.27. The van der Waals surface area contributed by atoms with Crippen LogP contribution in [0.2, 0.25) is 0 Å². The van der Waals surface area contributed by atoms with Crippen LogP contribution >= 0.6 is 0 Å². The lowest BCUT2D eigenvalue weighted by Crippen LogP contribution is -2.50. The number of rotatable bonds is 9. The van der Waals surface area contributed by atoms with E-state index >= 15 is 0 Å². The van der Waals surface area contributed by atoms with Crippen LogP contribution in [0.15, 0.2) is 0 Å². The summed E-state index contributed by atoms with van der Waals surface area (Å²) < 4.78 is 0. The average molecular weight is 297 g/mol. The number of hydrogen-bond donors (Lipinski definition) is 2. The second-order valence-corrected chi connectivity index (χ2v) is 7.35. The molecule has 1 saturated heterocycles. The van der Waals surface area contributed by atoms with E-state index in [0.29, 0.717) is 6.04 Å². The van der Waals surface area contributed by atoms with Gasteiger partial charge in [-0.2, -0.15) is 0 Å². The van der Waals surface area contributed by atoms with Crippen LogP contribution in [0.1, 0.15) is 51.9 Å². The summed E-state index contributed by atoms with van der Waals surface area (Å²) in [5.41, 5.74) is -0.0247. The molecule has 1 atom stereocenters. The van der Waals surface area contributed by atoms with Crippen LogP contribution in [-0.4, -0.2) is 72.9 Å². The number of likely N-dealkylation sites (tertiary alicyclic amines) is 1. The minimum atomic E-state index is -0.0247. The molecule has 0 radical (unpaired) electrons. The van der Waals surface area contributed by atoms with E-state index < -0.39 is 0 Å². The first-order valence-electron chi connectivity index (χ1n) is 8.86. The molecule has 0 aromatic heterocycles. The van der Waals surface area contributed by atoms with Crippen molar-refractivity contribution in [1.82, 2.24) is 15.1 Å². The zero-order valence-electron chi connectivity index (χ0n) is 14.3. The Morgan fingerprint density at radius 2 is 1.86 bits per heavy atom. The van der Waals surface area contributed by atoms with Crippen molar-refractivity contribution in [3.8, 4) is 0 Å². The summed E-state index contributed by atoms with van der Waals surface area (Å²) in [6.07, 6.45) is 8.51. The second-order valence-electron chi connectivity index (χ2n) is 7.35. The third-order valence-electron chi connectivity index (χ3n) is 5.48. The fourth-order valence-electron chi connectivity index (χ4n) is 3.55. The summed E-state index contributed by atoms with van der Waals surface area (Å²) in [4.78, 5) is 4.97. The van der Waals surface area contributed by atoms with Gasteiger partial charge in [-0.3, -0.25) is 0 Å². The highest BCUT2D eigenvalue weighted by Gasteiger charge is 2.34. The predicted octanol–water partition coefficient (Wildman–Crippen LogP) is 1.69. The molecule has 1 aliphatic carbocycles. The molecule has 1 aliphatic heterocycles. The van der Waals surface area contributed by atoms with Crippen molar-refractivity contribution in [2.45, 2.75) is 69.5 Å². The molecule has 0 aromatic rings. The van der Waals surface area contributed by atoms with Gasteiger partial charge in [-0.15, -0.1) is 0 Å². The maximum Gasteiger partial charge on any atom is 0.0613 e. The van der Waals surface area contributed by atoms with E-state index in [9.17, 15) is 5.11 Å². The molecule has 2 rings (SSSR count). The first-order valence-corrected chi connectivity index (χ1v) is 8.86. The summed E-state index contributed by atoms with van der Waals surface area (Å²) in [7, 11) is 4.39. The Labute approximate surface area is 130 Å². The quantitative estimate of drug-likeness (QED) is 0.679. The van der Waals surface area contributed by atoms with Gasteiger partial charge in [0.2, 0.25) is 0 Å². The summed E-state index contributed by atoms with van der Waals surface area (Å²) in [6.45, 7) is 6.14. The van der Waals surface area contributed by atoms with Crippen molar-refractivity contribution in [2.75, 3.05) is 40.3 Å². The number of aliphatic hydroxyl groups excluding tert-OH is 1. The fourth-order valence-corrected chi connectivity index (χ4v) is 3.55. The standard InChI is InChI=1S/C17H35N3O/c1-4-17(14-21,18-15-6-7-15)10-5-11-20-12-8-16(9-13-20)19(2)3/h15-16,18,21H,4-14H2,1-3H3. The molecule has 2 N–H and O–H groups in total.